The molecule has 0 aliphatic carbocycles. The second kappa shape index (κ2) is 8.61. The van der Waals surface area contributed by atoms with Gasteiger partial charge in [-0.3, -0.25) is 9.78 Å². The number of ether oxygens (including phenoxy) is 2. The first kappa shape index (κ1) is 18.1. The van der Waals surface area contributed by atoms with E-state index in [2.05, 4.69) is 31.8 Å². The molecule has 1 heterocycles. The number of hydrogen-bond acceptors (Lipinski definition) is 7. The van der Waals surface area contributed by atoms with Crippen molar-refractivity contribution in [3.63, 3.8) is 0 Å². The van der Waals surface area contributed by atoms with Crippen molar-refractivity contribution >= 4 is 12.2 Å². The van der Waals surface area contributed by atoms with Gasteiger partial charge in [-0.15, -0.1) is 10.2 Å². The molecule has 1 aromatic heterocycles. The maximum atomic E-state index is 11.2. The summed E-state index contributed by atoms with van der Waals surface area (Å²) < 4.78 is 11.4. The average Bonchev–Trinajstić information content (AvgIpc) is 2.67. The number of benzene rings is 2. The smallest absolute Gasteiger partial charge is 0.271 e. The predicted octanol–water partition coefficient (Wildman–Crippen LogP) is 2.51. The zero-order chi connectivity index (χ0) is 19.1. The van der Waals surface area contributed by atoms with Gasteiger partial charge >= 0.3 is 0 Å². The Labute approximate surface area is 155 Å². The Balaban J connectivity index is 1.78. The second-order valence-electron chi connectivity index (χ2n) is 5.71. The van der Waals surface area contributed by atoms with Crippen molar-refractivity contribution in [1.29, 1.82) is 0 Å². The van der Waals surface area contributed by atoms with E-state index in [0.717, 1.165) is 11.8 Å². The molecule has 2 N–H and O–H groups in total. The van der Waals surface area contributed by atoms with Gasteiger partial charge in [-0.05, 0) is 24.6 Å². The lowest BCUT2D eigenvalue weighted by molar-refractivity contribution is 0.284. The van der Waals surface area contributed by atoms with Gasteiger partial charge in [0.15, 0.2) is 11.5 Å². The maximum Gasteiger partial charge on any atom is 0.271 e. The van der Waals surface area contributed by atoms with Crippen LogP contribution in [0.3, 0.4) is 0 Å². The lowest BCUT2D eigenvalue weighted by Crippen LogP contribution is -2.10. The molecule has 0 aliphatic heterocycles. The number of hydrazone groups is 1. The van der Waals surface area contributed by atoms with E-state index in [0.29, 0.717) is 23.7 Å². The molecule has 138 valence electrons. The fraction of sp³-hybridized carbons (Fsp3) is 0.158. The topological polar surface area (TPSA) is 101 Å². The third kappa shape index (κ3) is 4.91. The van der Waals surface area contributed by atoms with Crippen molar-refractivity contribution in [3.8, 4) is 11.5 Å². The van der Waals surface area contributed by atoms with E-state index < -0.39 is 0 Å². The van der Waals surface area contributed by atoms with E-state index >= 15 is 0 Å². The van der Waals surface area contributed by atoms with Gasteiger partial charge in [0, 0.05) is 5.56 Å². The van der Waals surface area contributed by atoms with E-state index in [1.165, 1.54) is 5.56 Å². The monoisotopic (exact) mass is 365 g/mol. The zero-order valence-corrected chi connectivity index (χ0v) is 15.0. The van der Waals surface area contributed by atoms with Crippen LogP contribution in [-0.2, 0) is 6.61 Å². The van der Waals surface area contributed by atoms with Crippen LogP contribution in [0.5, 0.6) is 11.5 Å². The molecule has 3 rings (SSSR count). The van der Waals surface area contributed by atoms with Gasteiger partial charge < -0.3 is 9.47 Å². The lowest BCUT2D eigenvalue weighted by atomic mass is 10.1. The Hall–Kier alpha value is -3.68. The Morgan fingerprint density at radius 3 is 2.89 bits per heavy atom. The molecule has 0 saturated carbocycles. The molecular weight excluding hydrogens is 346 g/mol. The number of anilines is 1. The first-order chi connectivity index (χ1) is 13.2. The molecule has 27 heavy (non-hydrogen) atoms. The van der Waals surface area contributed by atoms with Gasteiger partial charge in [-0.1, -0.05) is 35.9 Å². The molecule has 0 fully saturated rings. The Bertz CT molecular complexity index is 1000. The summed E-state index contributed by atoms with van der Waals surface area (Å²) in [6.07, 6.45) is 2.63. The van der Waals surface area contributed by atoms with E-state index in [1.54, 1.807) is 13.3 Å². The van der Waals surface area contributed by atoms with Gasteiger partial charge in [0.05, 0.1) is 13.3 Å². The van der Waals surface area contributed by atoms with Crippen LogP contribution in [-0.4, -0.2) is 28.5 Å². The molecule has 0 bridgehead atoms. The lowest BCUT2D eigenvalue weighted by Gasteiger charge is -2.13. The number of aromatic amines is 1. The minimum atomic E-state index is -0.369. The van der Waals surface area contributed by atoms with Crippen LogP contribution in [0.25, 0.3) is 0 Å². The molecule has 0 spiro atoms. The van der Waals surface area contributed by atoms with Crippen LogP contribution in [0.2, 0.25) is 0 Å². The van der Waals surface area contributed by atoms with Crippen molar-refractivity contribution in [1.82, 2.24) is 15.2 Å². The van der Waals surface area contributed by atoms with Crippen LogP contribution in [0.1, 0.15) is 16.7 Å². The summed E-state index contributed by atoms with van der Waals surface area (Å²) in [4.78, 5) is 13.7. The normalized spacial score (nSPS) is 10.7. The predicted molar refractivity (Wildman–Crippen MR) is 102 cm³/mol. The van der Waals surface area contributed by atoms with E-state index in [9.17, 15) is 4.79 Å². The van der Waals surface area contributed by atoms with Crippen LogP contribution in [0.15, 0.2) is 58.6 Å². The minimum absolute atomic E-state index is 0.142. The first-order valence-corrected chi connectivity index (χ1v) is 8.22. The van der Waals surface area contributed by atoms with Crippen LogP contribution in [0, 0.1) is 6.92 Å². The summed E-state index contributed by atoms with van der Waals surface area (Å²) >= 11 is 0. The number of aryl methyl sites for hydroxylation is 1. The SMILES string of the molecule is COc1cccc(/C=N/Nc2nncc(=O)[nH]2)c1OCc1cccc(C)c1. The molecule has 0 amide bonds. The largest absolute Gasteiger partial charge is 0.493 e. The highest BCUT2D eigenvalue weighted by Gasteiger charge is 2.10. The molecule has 0 unspecified atom stereocenters. The number of nitrogens with zero attached hydrogens (tertiary/aromatic N) is 3. The fourth-order valence-electron chi connectivity index (χ4n) is 2.43. The molecule has 0 atom stereocenters. The number of para-hydroxylation sites is 1. The summed E-state index contributed by atoms with van der Waals surface area (Å²) in [7, 11) is 1.58. The Morgan fingerprint density at radius 2 is 2.11 bits per heavy atom. The molecular formula is C19H19N5O3. The highest BCUT2D eigenvalue weighted by Crippen LogP contribution is 2.30. The van der Waals surface area contributed by atoms with Gasteiger partial charge in [0.1, 0.15) is 12.8 Å². The Kier molecular flexibility index (Phi) is 5.78. The van der Waals surface area contributed by atoms with Crippen LogP contribution in [0.4, 0.5) is 5.95 Å². The second-order valence-corrected chi connectivity index (χ2v) is 5.71. The highest BCUT2D eigenvalue weighted by molar-refractivity contribution is 5.85. The fourth-order valence-corrected chi connectivity index (χ4v) is 2.43. The molecule has 2 aromatic carbocycles. The summed E-state index contributed by atoms with van der Waals surface area (Å²) in [5.74, 6) is 1.31. The van der Waals surface area contributed by atoms with Crippen molar-refractivity contribution in [2.24, 2.45) is 5.10 Å². The standard InChI is InChI=1S/C19H19N5O3/c1-13-5-3-6-14(9-13)12-27-18-15(7-4-8-16(18)26-2)10-20-23-19-22-17(25)11-21-24-19/h3-11H,12H2,1-2H3,(H2,22,23,24,25)/b20-10+. The molecule has 3 aromatic rings. The summed E-state index contributed by atoms with van der Waals surface area (Å²) in [5, 5.41) is 11.3. The summed E-state index contributed by atoms with van der Waals surface area (Å²) in [6.45, 7) is 2.43. The van der Waals surface area contributed by atoms with Crippen molar-refractivity contribution in [2.45, 2.75) is 13.5 Å². The molecule has 0 radical (unpaired) electrons. The number of hydrogen-bond donors (Lipinski definition) is 2. The van der Waals surface area contributed by atoms with Crippen molar-refractivity contribution in [2.75, 3.05) is 12.5 Å². The number of nitrogens with one attached hydrogen (secondary N) is 2. The van der Waals surface area contributed by atoms with Crippen molar-refractivity contribution in [3.05, 3.63) is 75.7 Å². The highest BCUT2D eigenvalue weighted by atomic mass is 16.5. The summed E-state index contributed by atoms with van der Waals surface area (Å²) in [5.41, 5.74) is 5.19. The van der Waals surface area contributed by atoms with Gasteiger partial charge in [-0.2, -0.15) is 5.10 Å². The van der Waals surface area contributed by atoms with Gasteiger partial charge in [-0.25, -0.2) is 5.43 Å². The molecule has 0 aliphatic rings. The van der Waals surface area contributed by atoms with E-state index in [-0.39, 0.29) is 11.5 Å². The van der Waals surface area contributed by atoms with Gasteiger partial charge in [0.25, 0.3) is 5.56 Å². The minimum Gasteiger partial charge on any atom is -0.493 e. The third-order valence-corrected chi connectivity index (χ3v) is 3.64. The average molecular weight is 365 g/mol. The van der Waals surface area contributed by atoms with E-state index in [4.69, 9.17) is 9.47 Å². The first-order valence-electron chi connectivity index (χ1n) is 8.22. The maximum absolute atomic E-state index is 11.2. The zero-order valence-electron chi connectivity index (χ0n) is 15.0. The van der Waals surface area contributed by atoms with Gasteiger partial charge in [0.2, 0.25) is 5.95 Å². The number of H-pyrrole nitrogens is 1. The number of rotatable bonds is 7. The van der Waals surface area contributed by atoms with E-state index in [1.807, 2.05) is 43.3 Å². The number of aromatic nitrogens is 3. The molecule has 8 nitrogen and oxygen atoms in total. The van der Waals surface area contributed by atoms with Crippen molar-refractivity contribution < 1.29 is 9.47 Å². The van der Waals surface area contributed by atoms with Crippen LogP contribution >= 0.6 is 0 Å². The third-order valence-electron chi connectivity index (χ3n) is 3.64. The number of methoxy groups -OCH3 is 1. The summed E-state index contributed by atoms with van der Waals surface area (Å²) in [6, 6.07) is 13.6. The Morgan fingerprint density at radius 1 is 1.26 bits per heavy atom. The molecule has 8 heteroatoms. The quantitative estimate of drug-likeness (QED) is 0.493. The van der Waals surface area contributed by atoms with Crippen LogP contribution < -0.4 is 20.5 Å². The molecule has 0 saturated heterocycles.